The molecule has 12 heteroatoms. The van der Waals surface area contributed by atoms with Gasteiger partial charge in [-0.1, -0.05) is 35.5 Å². The SMILES string of the molecule is CCOc1ccc(C#Cc2cc(C)nc(CN3CCN(Cc4cc(C#Cc5ccc(OCC)cc5)cc(C)n4)CCN(Cc4cc(C#Cc5ccc(OCOC)cc5)cc(C(=O)OC)n4)CC3)c2)cc1. The highest BCUT2D eigenvalue weighted by molar-refractivity contribution is 5.87. The second-order valence-corrected chi connectivity index (χ2v) is 16.8. The van der Waals surface area contributed by atoms with Crippen LogP contribution in [0.4, 0.5) is 0 Å². The highest BCUT2D eigenvalue weighted by Crippen LogP contribution is 2.18. The number of methoxy groups -OCH3 is 2. The predicted molar refractivity (Wildman–Crippen MR) is 271 cm³/mol. The number of benzene rings is 3. The van der Waals surface area contributed by atoms with Crippen molar-refractivity contribution in [2.45, 2.75) is 47.3 Å². The molecule has 0 spiro atoms. The fourth-order valence-corrected chi connectivity index (χ4v) is 7.87. The summed E-state index contributed by atoms with van der Waals surface area (Å²) in [5.74, 6) is 21.7. The summed E-state index contributed by atoms with van der Waals surface area (Å²) in [5, 5.41) is 0. The Hall–Kier alpha value is -7.50. The fourth-order valence-electron chi connectivity index (χ4n) is 7.87. The molecule has 0 N–H and O–H groups in total. The van der Waals surface area contributed by atoms with Crippen LogP contribution in [-0.2, 0) is 29.1 Å². The van der Waals surface area contributed by atoms with E-state index in [2.05, 4.69) is 62.4 Å². The molecule has 0 amide bonds. The van der Waals surface area contributed by atoms with E-state index in [0.717, 1.165) is 107 Å². The quantitative estimate of drug-likeness (QED) is 0.0599. The van der Waals surface area contributed by atoms with Crippen LogP contribution in [0.2, 0.25) is 0 Å². The van der Waals surface area contributed by atoms with Gasteiger partial charge in [-0.2, -0.15) is 0 Å². The minimum Gasteiger partial charge on any atom is -0.494 e. The Kier molecular flexibility index (Phi) is 18.5. The van der Waals surface area contributed by atoms with Crippen LogP contribution in [0.1, 0.15) is 86.2 Å². The van der Waals surface area contributed by atoms with Crippen LogP contribution >= 0.6 is 0 Å². The normalized spacial score (nSPS) is 13.2. The smallest absolute Gasteiger partial charge is 0.356 e. The highest BCUT2D eigenvalue weighted by Gasteiger charge is 2.20. The van der Waals surface area contributed by atoms with Crippen molar-refractivity contribution in [1.29, 1.82) is 0 Å². The van der Waals surface area contributed by atoms with Crippen molar-refractivity contribution in [2.24, 2.45) is 0 Å². The van der Waals surface area contributed by atoms with Crippen molar-refractivity contribution in [2.75, 3.05) is 73.5 Å². The summed E-state index contributed by atoms with van der Waals surface area (Å²) < 4.78 is 26.9. The molecule has 1 aliphatic heterocycles. The van der Waals surface area contributed by atoms with E-state index in [0.29, 0.717) is 44.2 Å². The average Bonchev–Trinajstić information content (AvgIpc) is 3.45. The minimum atomic E-state index is -0.519. The third-order valence-electron chi connectivity index (χ3n) is 11.2. The molecule has 6 aromatic rings. The number of aryl methyl sites for hydroxylation is 2. The highest BCUT2D eigenvalue weighted by atomic mass is 16.7. The van der Waals surface area contributed by atoms with Crippen molar-refractivity contribution in [3.63, 3.8) is 0 Å². The largest absolute Gasteiger partial charge is 0.494 e. The Labute approximate surface area is 412 Å². The first-order valence-corrected chi connectivity index (χ1v) is 23.6. The lowest BCUT2D eigenvalue weighted by Gasteiger charge is -2.25. The molecular formula is C58H60N6O6. The molecule has 70 heavy (non-hydrogen) atoms. The van der Waals surface area contributed by atoms with Crippen LogP contribution in [-0.4, -0.2) is 109 Å². The van der Waals surface area contributed by atoms with Crippen LogP contribution in [0.3, 0.4) is 0 Å². The first kappa shape index (κ1) is 50.4. The van der Waals surface area contributed by atoms with Crippen molar-refractivity contribution in [3.05, 3.63) is 177 Å². The summed E-state index contributed by atoms with van der Waals surface area (Å²) in [5.41, 5.74) is 9.80. The fraction of sp³-hybridized carbons (Fsp3) is 0.310. The molecule has 0 aliphatic carbocycles. The number of ether oxygens (including phenoxy) is 5. The van der Waals surface area contributed by atoms with Gasteiger partial charge in [-0.25, -0.2) is 9.78 Å². The van der Waals surface area contributed by atoms with Gasteiger partial charge in [0.25, 0.3) is 0 Å². The number of hydrogen-bond donors (Lipinski definition) is 0. The van der Waals surface area contributed by atoms with E-state index in [1.54, 1.807) is 13.2 Å². The van der Waals surface area contributed by atoms with Gasteiger partial charge in [0, 0.05) is 111 Å². The van der Waals surface area contributed by atoms with Gasteiger partial charge in [0.2, 0.25) is 0 Å². The van der Waals surface area contributed by atoms with Gasteiger partial charge < -0.3 is 23.7 Å². The number of carbonyl (C=O) groups excluding carboxylic acids is 1. The lowest BCUT2D eigenvalue weighted by Crippen LogP contribution is -2.36. The Morgan fingerprint density at radius 2 is 0.814 bits per heavy atom. The summed E-state index contributed by atoms with van der Waals surface area (Å²) in [4.78, 5) is 35.0. The molecule has 1 aliphatic rings. The van der Waals surface area contributed by atoms with Crippen LogP contribution in [0.15, 0.2) is 109 Å². The van der Waals surface area contributed by atoms with E-state index < -0.39 is 5.97 Å². The lowest BCUT2D eigenvalue weighted by atomic mass is 10.1. The zero-order chi connectivity index (χ0) is 49.1. The molecule has 0 atom stereocenters. The maximum Gasteiger partial charge on any atom is 0.356 e. The van der Waals surface area contributed by atoms with Gasteiger partial charge in [-0.05, 0) is 137 Å². The standard InChI is InChI=1S/C58H60N6O6/c1-7-68-54-21-15-45(16-22-54)9-12-48-33-43(3)59-51(35-48)39-62-27-28-63(40-52-36-49(34-44(4)60-52)13-10-46-17-23-55(24-18-46)69-8-2)30-32-64(31-29-62)41-53-37-50(38-57(61-53)58(65)67-6)14-11-47-19-25-56(26-20-47)70-42-66-5/h15-26,33-38H,7-8,27-32,39-42H2,1-6H3. The molecule has 3 aromatic heterocycles. The second kappa shape index (κ2) is 25.7. The van der Waals surface area contributed by atoms with Crippen LogP contribution in [0.25, 0.3) is 0 Å². The zero-order valence-corrected chi connectivity index (χ0v) is 41.0. The second-order valence-electron chi connectivity index (χ2n) is 16.8. The molecule has 358 valence electrons. The van der Waals surface area contributed by atoms with Crippen LogP contribution in [0, 0.1) is 49.4 Å². The van der Waals surface area contributed by atoms with Gasteiger partial charge in [0.05, 0.1) is 37.4 Å². The minimum absolute atomic E-state index is 0.161. The van der Waals surface area contributed by atoms with E-state index >= 15 is 0 Å². The molecule has 1 saturated heterocycles. The number of pyridine rings is 3. The topological polar surface area (TPSA) is 112 Å². The van der Waals surface area contributed by atoms with Crippen molar-refractivity contribution >= 4 is 5.97 Å². The van der Waals surface area contributed by atoms with E-state index in [4.69, 9.17) is 38.6 Å². The number of aromatic nitrogens is 3. The number of hydrogen-bond acceptors (Lipinski definition) is 12. The number of rotatable bonds is 14. The van der Waals surface area contributed by atoms with Gasteiger partial charge >= 0.3 is 5.97 Å². The van der Waals surface area contributed by atoms with Gasteiger partial charge in [-0.3, -0.25) is 24.7 Å². The summed E-state index contributed by atoms with van der Waals surface area (Å²) in [6.07, 6.45) is 0. The zero-order valence-electron chi connectivity index (χ0n) is 41.0. The molecular weight excluding hydrogens is 877 g/mol. The Bertz CT molecular complexity index is 2760. The van der Waals surface area contributed by atoms with Crippen molar-refractivity contribution < 1.29 is 28.5 Å². The molecule has 0 saturated carbocycles. The van der Waals surface area contributed by atoms with E-state index in [1.165, 1.54) is 7.11 Å². The molecule has 12 nitrogen and oxygen atoms in total. The monoisotopic (exact) mass is 936 g/mol. The van der Waals surface area contributed by atoms with Gasteiger partial charge in [-0.15, -0.1) is 0 Å². The van der Waals surface area contributed by atoms with Crippen LogP contribution in [0.5, 0.6) is 17.2 Å². The van der Waals surface area contributed by atoms with Gasteiger partial charge in [0.1, 0.15) is 22.9 Å². The molecule has 0 radical (unpaired) electrons. The first-order chi connectivity index (χ1) is 34.1. The van der Waals surface area contributed by atoms with Crippen molar-refractivity contribution in [3.8, 4) is 52.8 Å². The van der Waals surface area contributed by atoms with E-state index in [1.807, 2.05) is 119 Å². The number of esters is 1. The average molecular weight is 937 g/mol. The summed E-state index contributed by atoms with van der Waals surface area (Å²) in [7, 11) is 2.94. The first-order valence-electron chi connectivity index (χ1n) is 23.6. The molecule has 0 bridgehead atoms. The molecule has 0 unspecified atom stereocenters. The Morgan fingerprint density at radius 3 is 1.17 bits per heavy atom. The van der Waals surface area contributed by atoms with Crippen molar-refractivity contribution in [1.82, 2.24) is 29.7 Å². The molecule has 3 aromatic carbocycles. The van der Waals surface area contributed by atoms with Crippen LogP contribution < -0.4 is 14.2 Å². The molecule has 1 fully saturated rings. The number of carbonyl (C=O) groups is 1. The summed E-state index contributed by atoms with van der Waals surface area (Å²) in [6.45, 7) is 15.8. The molecule has 7 rings (SSSR count). The molecule has 4 heterocycles. The number of nitrogens with zero attached hydrogens (tertiary/aromatic N) is 6. The maximum atomic E-state index is 13.0. The van der Waals surface area contributed by atoms with E-state index in [9.17, 15) is 4.79 Å². The third-order valence-corrected chi connectivity index (χ3v) is 11.2. The summed E-state index contributed by atoms with van der Waals surface area (Å²) in [6, 6.07) is 35.0. The predicted octanol–water partition coefficient (Wildman–Crippen LogP) is 8.07. The van der Waals surface area contributed by atoms with E-state index in [-0.39, 0.29) is 12.5 Å². The Balaban J connectivity index is 1.13. The maximum absolute atomic E-state index is 13.0. The van der Waals surface area contributed by atoms with Gasteiger partial charge in [0.15, 0.2) is 6.79 Å². The summed E-state index contributed by atoms with van der Waals surface area (Å²) >= 11 is 0. The Morgan fingerprint density at radius 1 is 0.471 bits per heavy atom. The lowest BCUT2D eigenvalue weighted by molar-refractivity contribution is 0.0511. The third kappa shape index (κ3) is 15.8.